The Morgan fingerprint density at radius 3 is 2.47 bits per heavy atom. The van der Waals surface area contributed by atoms with Crippen LogP contribution in [0, 0.1) is 0 Å². The van der Waals surface area contributed by atoms with Gasteiger partial charge in [0.1, 0.15) is 6.04 Å². The Labute approximate surface area is 88.6 Å². The summed E-state index contributed by atoms with van der Waals surface area (Å²) in [6.45, 7) is 1.43. The summed E-state index contributed by atoms with van der Waals surface area (Å²) in [7, 11) is 0. The van der Waals surface area contributed by atoms with E-state index >= 15 is 0 Å². The van der Waals surface area contributed by atoms with Gasteiger partial charge >= 0.3 is 5.97 Å². The highest BCUT2D eigenvalue weighted by Crippen LogP contribution is 2.12. The molecule has 0 aliphatic rings. The smallest absolute Gasteiger partial charge is 0.320 e. The molecule has 4 nitrogen and oxygen atoms in total. The third-order valence-corrected chi connectivity index (χ3v) is 2.21. The van der Waals surface area contributed by atoms with E-state index in [1.165, 1.54) is 0 Å². The lowest BCUT2D eigenvalue weighted by molar-refractivity contribution is -0.139. The third-order valence-electron chi connectivity index (χ3n) is 2.21. The van der Waals surface area contributed by atoms with Gasteiger partial charge in [0.15, 0.2) is 0 Å². The molecule has 3 N–H and O–H groups in total. The second-order valence-corrected chi connectivity index (χ2v) is 3.37. The second-order valence-electron chi connectivity index (χ2n) is 3.37. The number of hydrogen-bond donors (Lipinski definition) is 3. The maximum absolute atomic E-state index is 10.6. The zero-order chi connectivity index (χ0) is 11.3. The highest BCUT2D eigenvalue weighted by molar-refractivity contribution is 5.72. The van der Waals surface area contributed by atoms with Crippen molar-refractivity contribution in [1.82, 2.24) is 5.32 Å². The molecule has 0 heterocycles. The zero-order valence-electron chi connectivity index (χ0n) is 8.55. The van der Waals surface area contributed by atoms with Crippen molar-refractivity contribution in [3.05, 3.63) is 35.9 Å². The van der Waals surface area contributed by atoms with Gasteiger partial charge in [0.2, 0.25) is 0 Å². The van der Waals surface area contributed by atoms with Crippen LogP contribution in [0.2, 0.25) is 0 Å². The number of benzene rings is 1. The summed E-state index contributed by atoms with van der Waals surface area (Å²) in [6, 6.07) is 8.26. The minimum Gasteiger partial charge on any atom is -0.480 e. The Morgan fingerprint density at radius 2 is 2.00 bits per heavy atom. The van der Waals surface area contributed by atoms with Crippen molar-refractivity contribution in [3.8, 4) is 0 Å². The van der Waals surface area contributed by atoms with Crippen LogP contribution in [-0.4, -0.2) is 28.8 Å². The van der Waals surface area contributed by atoms with Crippen LogP contribution in [0.25, 0.3) is 0 Å². The highest BCUT2D eigenvalue weighted by atomic mass is 16.4. The third kappa shape index (κ3) is 3.34. The molecule has 15 heavy (non-hydrogen) atoms. The van der Waals surface area contributed by atoms with Gasteiger partial charge in [-0.2, -0.15) is 0 Å². The fourth-order valence-electron chi connectivity index (χ4n) is 1.31. The van der Waals surface area contributed by atoms with E-state index in [1.54, 1.807) is 6.92 Å². The lowest BCUT2D eigenvalue weighted by atomic mass is 10.1. The molecule has 0 saturated heterocycles. The molecule has 0 amide bonds. The van der Waals surface area contributed by atoms with Crippen LogP contribution in [0.3, 0.4) is 0 Å². The molecule has 0 aromatic heterocycles. The molecule has 0 aliphatic carbocycles. The van der Waals surface area contributed by atoms with Gasteiger partial charge in [-0.1, -0.05) is 30.3 Å². The number of nitrogens with one attached hydrogen (secondary N) is 1. The van der Waals surface area contributed by atoms with Crippen LogP contribution < -0.4 is 5.32 Å². The van der Waals surface area contributed by atoms with Gasteiger partial charge in [-0.3, -0.25) is 10.1 Å². The standard InChI is InChI=1S/C11H15NO3/c1-8(11(14)15)12-10(7-13)9-5-3-2-4-6-9/h2-6,8,10,12-13H,7H2,1H3,(H,14,15). The number of rotatable bonds is 5. The van der Waals surface area contributed by atoms with E-state index in [2.05, 4.69) is 5.32 Å². The van der Waals surface area contributed by atoms with Gasteiger partial charge in [-0.15, -0.1) is 0 Å². The van der Waals surface area contributed by atoms with Crippen LogP contribution in [-0.2, 0) is 4.79 Å². The van der Waals surface area contributed by atoms with Crippen molar-refractivity contribution in [1.29, 1.82) is 0 Å². The fourth-order valence-corrected chi connectivity index (χ4v) is 1.31. The molecule has 0 spiro atoms. The van der Waals surface area contributed by atoms with Crippen molar-refractivity contribution >= 4 is 5.97 Å². The number of aliphatic carboxylic acids is 1. The summed E-state index contributed by atoms with van der Waals surface area (Å²) in [4.78, 5) is 10.6. The molecule has 1 rings (SSSR count). The summed E-state index contributed by atoms with van der Waals surface area (Å²) in [5, 5.41) is 20.7. The minimum atomic E-state index is -0.926. The summed E-state index contributed by atoms with van der Waals surface area (Å²) < 4.78 is 0. The number of aliphatic hydroxyl groups excluding tert-OH is 1. The average Bonchev–Trinajstić information content (AvgIpc) is 2.26. The average molecular weight is 209 g/mol. The van der Waals surface area contributed by atoms with E-state index in [1.807, 2.05) is 30.3 Å². The molecule has 0 saturated carbocycles. The molecule has 1 aromatic rings. The Kier molecular flexibility index (Phi) is 4.27. The summed E-state index contributed by atoms with van der Waals surface area (Å²) in [5.41, 5.74) is 0.883. The molecule has 2 atom stereocenters. The first-order valence-electron chi connectivity index (χ1n) is 4.79. The van der Waals surface area contributed by atoms with Crippen LogP contribution in [0.1, 0.15) is 18.5 Å². The number of carbonyl (C=O) groups is 1. The first kappa shape index (κ1) is 11.7. The summed E-state index contributed by atoms with van der Waals surface area (Å²) >= 11 is 0. The molecular weight excluding hydrogens is 194 g/mol. The van der Waals surface area contributed by atoms with E-state index in [4.69, 9.17) is 10.2 Å². The van der Waals surface area contributed by atoms with Gasteiger partial charge in [-0.25, -0.2) is 0 Å². The molecule has 1 aromatic carbocycles. The van der Waals surface area contributed by atoms with Crippen molar-refractivity contribution in [2.75, 3.05) is 6.61 Å². The SMILES string of the molecule is CC(NC(CO)c1ccccc1)C(=O)O. The Morgan fingerprint density at radius 1 is 1.40 bits per heavy atom. The maximum atomic E-state index is 10.6. The molecule has 0 aliphatic heterocycles. The van der Waals surface area contributed by atoms with Gasteiger partial charge in [0.05, 0.1) is 12.6 Å². The molecule has 0 bridgehead atoms. The van der Waals surface area contributed by atoms with Gasteiger partial charge in [0, 0.05) is 0 Å². The lowest BCUT2D eigenvalue weighted by Gasteiger charge is -2.19. The first-order valence-corrected chi connectivity index (χ1v) is 4.79. The van der Waals surface area contributed by atoms with Crippen molar-refractivity contribution in [3.63, 3.8) is 0 Å². The Balaban J connectivity index is 2.69. The van der Waals surface area contributed by atoms with E-state index in [0.717, 1.165) is 5.56 Å². The minimum absolute atomic E-state index is 0.123. The van der Waals surface area contributed by atoms with Crippen LogP contribution >= 0.6 is 0 Å². The van der Waals surface area contributed by atoms with Gasteiger partial charge in [-0.05, 0) is 12.5 Å². The molecular formula is C11H15NO3. The maximum Gasteiger partial charge on any atom is 0.320 e. The van der Waals surface area contributed by atoms with Crippen LogP contribution in [0.15, 0.2) is 30.3 Å². The predicted molar refractivity (Wildman–Crippen MR) is 56.5 cm³/mol. The zero-order valence-corrected chi connectivity index (χ0v) is 8.55. The molecule has 82 valence electrons. The number of hydrogen-bond acceptors (Lipinski definition) is 3. The topological polar surface area (TPSA) is 69.6 Å². The van der Waals surface area contributed by atoms with Crippen LogP contribution in [0.4, 0.5) is 0 Å². The summed E-state index contributed by atoms with van der Waals surface area (Å²) in [5.74, 6) is -0.926. The molecule has 0 radical (unpaired) electrons. The lowest BCUT2D eigenvalue weighted by Crippen LogP contribution is -2.38. The quantitative estimate of drug-likeness (QED) is 0.670. The number of carboxylic acids is 1. The summed E-state index contributed by atoms with van der Waals surface area (Å²) in [6.07, 6.45) is 0. The van der Waals surface area contributed by atoms with Crippen LogP contribution in [0.5, 0.6) is 0 Å². The predicted octanol–water partition coefficient (Wildman–Crippen LogP) is 0.783. The largest absolute Gasteiger partial charge is 0.480 e. The van der Waals surface area contributed by atoms with Gasteiger partial charge in [0.25, 0.3) is 0 Å². The number of aliphatic hydroxyl groups is 1. The fraction of sp³-hybridized carbons (Fsp3) is 0.364. The monoisotopic (exact) mass is 209 g/mol. The second kappa shape index (κ2) is 5.48. The van der Waals surface area contributed by atoms with E-state index < -0.39 is 12.0 Å². The molecule has 4 heteroatoms. The molecule has 0 fully saturated rings. The van der Waals surface area contributed by atoms with E-state index in [-0.39, 0.29) is 12.6 Å². The molecule has 2 unspecified atom stereocenters. The van der Waals surface area contributed by atoms with E-state index in [0.29, 0.717) is 0 Å². The number of carboxylic acid groups (broad SMARTS) is 1. The highest BCUT2D eigenvalue weighted by Gasteiger charge is 2.17. The van der Waals surface area contributed by atoms with Crippen molar-refractivity contribution in [2.45, 2.75) is 19.0 Å². The first-order chi connectivity index (χ1) is 7.15. The van der Waals surface area contributed by atoms with Crippen molar-refractivity contribution < 1.29 is 15.0 Å². The van der Waals surface area contributed by atoms with Gasteiger partial charge < -0.3 is 10.2 Å². The Bertz CT molecular complexity index is 313. The van der Waals surface area contributed by atoms with E-state index in [9.17, 15) is 4.79 Å². The van der Waals surface area contributed by atoms with Crippen molar-refractivity contribution in [2.24, 2.45) is 0 Å². The normalized spacial score (nSPS) is 14.5. The Hall–Kier alpha value is -1.39.